The van der Waals surface area contributed by atoms with Crippen LogP contribution in [0.3, 0.4) is 0 Å². The van der Waals surface area contributed by atoms with E-state index in [2.05, 4.69) is 37.0 Å². The molecule has 3 rings (SSSR count). The van der Waals surface area contributed by atoms with Gasteiger partial charge in [-0.05, 0) is 40.2 Å². The van der Waals surface area contributed by atoms with Gasteiger partial charge in [-0.15, -0.1) is 0 Å². The highest BCUT2D eigenvalue weighted by molar-refractivity contribution is 9.11. The predicted octanol–water partition coefficient (Wildman–Crippen LogP) is 8.70. The third-order valence-corrected chi connectivity index (χ3v) is 6.15. The average molecular weight is 688 g/mol. The van der Waals surface area contributed by atoms with Crippen LogP contribution in [0.1, 0.15) is 16.7 Å². The molecule has 0 aliphatic carbocycles. The van der Waals surface area contributed by atoms with Crippen molar-refractivity contribution in [3.8, 4) is 11.5 Å². The summed E-state index contributed by atoms with van der Waals surface area (Å²) < 4.78 is 45.7. The highest BCUT2D eigenvalue weighted by Gasteiger charge is 2.39. The van der Waals surface area contributed by atoms with Gasteiger partial charge in [0.2, 0.25) is 0 Å². The summed E-state index contributed by atoms with van der Waals surface area (Å²) in [6, 6.07) is 7.91. The van der Waals surface area contributed by atoms with E-state index >= 15 is 0 Å². The first-order valence-corrected chi connectivity index (χ1v) is 11.9. The Bertz CT molecular complexity index is 1390. The monoisotopic (exact) mass is 685 g/mol. The van der Waals surface area contributed by atoms with E-state index < -0.39 is 38.7 Å². The molecule has 37 heavy (non-hydrogen) atoms. The number of ether oxygens (including phenoxy) is 1. The van der Waals surface area contributed by atoms with Gasteiger partial charge >= 0.3 is 17.6 Å². The fourth-order valence-corrected chi connectivity index (χ4v) is 4.67. The summed E-state index contributed by atoms with van der Waals surface area (Å²) in [5.74, 6) is -1.22. The molecule has 0 unspecified atom stereocenters. The van der Waals surface area contributed by atoms with E-state index in [4.69, 9.17) is 32.8 Å². The Morgan fingerprint density at radius 2 is 1.59 bits per heavy atom. The molecule has 0 atom stereocenters. The summed E-state index contributed by atoms with van der Waals surface area (Å²) in [5, 5.41) is 27.6. The molecular weight excluding hydrogens is 678 g/mol. The van der Waals surface area contributed by atoms with Crippen molar-refractivity contribution in [2.24, 2.45) is 5.16 Å². The van der Waals surface area contributed by atoms with Crippen LogP contribution in [-0.4, -0.2) is 16.1 Å². The molecule has 0 N–H and O–H groups in total. The minimum absolute atomic E-state index is 0.0618. The number of halogens is 7. The van der Waals surface area contributed by atoms with Crippen LogP contribution in [0.25, 0.3) is 0 Å². The number of benzene rings is 3. The van der Waals surface area contributed by atoms with Crippen molar-refractivity contribution in [1.29, 1.82) is 0 Å². The van der Waals surface area contributed by atoms with E-state index in [-0.39, 0.29) is 34.5 Å². The van der Waals surface area contributed by atoms with Gasteiger partial charge in [-0.1, -0.05) is 50.4 Å². The van der Waals surface area contributed by atoms with Gasteiger partial charge in [-0.3, -0.25) is 20.2 Å². The van der Waals surface area contributed by atoms with E-state index in [1.165, 1.54) is 18.2 Å². The third kappa shape index (κ3) is 7.09. The molecule has 3 aromatic carbocycles. The fraction of sp³-hybridized carbons (Fsp3) is 0.0952. The van der Waals surface area contributed by atoms with E-state index in [0.29, 0.717) is 20.1 Å². The molecule has 0 heterocycles. The zero-order chi connectivity index (χ0) is 27.5. The molecular formula is C21H10Br2Cl2F3N3O6. The molecule has 16 heteroatoms. The summed E-state index contributed by atoms with van der Waals surface area (Å²) in [4.78, 5) is 25.9. The minimum Gasteiger partial charge on any atom is -0.442 e. The standard InChI is InChI=1S/C21H10Br2Cl2F3N3O6/c22-13-3-11(8-29-36-9-10-1-2-14(24)7-16(10)25)19(15(23)6-13)37-20-17(30(32)33)4-12(21(26,27)28)5-18(20)31(34)35/h1-8H,9H2/b29-8+. The van der Waals surface area contributed by atoms with E-state index in [1.54, 1.807) is 12.1 Å². The first-order valence-electron chi connectivity index (χ1n) is 9.58. The second-order valence-corrected chi connectivity index (χ2v) is 9.62. The molecule has 0 bridgehead atoms. The van der Waals surface area contributed by atoms with Gasteiger partial charge in [0, 0.05) is 37.8 Å². The molecule has 0 amide bonds. The van der Waals surface area contributed by atoms with E-state index in [1.807, 2.05) is 0 Å². The SMILES string of the molecule is O=[N+]([O-])c1cc(C(F)(F)F)cc([N+](=O)[O-])c1Oc1c(Br)cc(Br)cc1/C=N/OCc1ccc(Cl)cc1Cl. The van der Waals surface area contributed by atoms with Gasteiger partial charge in [0.25, 0.3) is 5.75 Å². The number of hydrogen-bond donors (Lipinski definition) is 0. The lowest BCUT2D eigenvalue weighted by molar-refractivity contribution is -0.396. The van der Waals surface area contributed by atoms with Crippen LogP contribution >= 0.6 is 55.1 Å². The maximum absolute atomic E-state index is 13.2. The lowest BCUT2D eigenvalue weighted by atomic mass is 10.1. The van der Waals surface area contributed by atoms with Gasteiger partial charge in [0.15, 0.2) is 5.75 Å². The predicted molar refractivity (Wildman–Crippen MR) is 136 cm³/mol. The van der Waals surface area contributed by atoms with Crippen molar-refractivity contribution < 1.29 is 32.6 Å². The van der Waals surface area contributed by atoms with Crippen LogP contribution < -0.4 is 4.74 Å². The summed E-state index contributed by atoms with van der Waals surface area (Å²) in [6.07, 6.45) is -3.94. The normalized spacial score (nSPS) is 11.5. The topological polar surface area (TPSA) is 117 Å². The second kappa shape index (κ2) is 11.6. The molecule has 194 valence electrons. The number of alkyl halides is 3. The quantitative estimate of drug-likeness (QED) is 0.133. The summed E-state index contributed by atoms with van der Waals surface area (Å²) in [5.41, 5.74) is -3.43. The van der Waals surface area contributed by atoms with Gasteiger partial charge in [0.05, 0.1) is 26.1 Å². The lowest BCUT2D eigenvalue weighted by Gasteiger charge is -2.13. The van der Waals surface area contributed by atoms with Crippen molar-refractivity contribution in [3.05, 3.63) is 98.4 Å². The molecule has 0 spiro atoms. The zero-order valence-corrected chi connectivity index (χ0v) is 22.4. The fourth-order valence-electron chi connectivity index (χ4n) is 2.86. The summed E-state index contributed by atoms with van der Waals surface area (Å²) in [6.45, 7) is -0.0618. The van der Waals surface area contributed by atoms with Gasteiger partial charge < -0.3 is 9.57 Å². The van der Waals surface area contributed by atoms with Gasteiger partial charge in [-0.2, -0.15) is 13.2 Å². The minimum atomic E-state index is -5.08. The molecule has 0 radical (unpaired) electrons. The van der Waals surface area contributed by atoms with Crippen LogP contribution in [0.5, 0.6) is 11.5 Å². The van der Waals surface area contributed by atoms with Crippen LogP contribution in [0.2, 0.25) is 10.0 Å². The molecule has 0 saturated heterocycles. The molecule has 0 aliphatic heterocycles. The van der Waals surface area contributed by atoms with Crippen molar-refractivity contribution in [2.45, 2.75) is 12.8 Å². The molecule has 0 fully saturated rings. The molecule has 3 aromatic rings. The molecule has 9 nitrogen and oxygen atoms in total. The summed E-state index contributed by atoms with van der Waals surface area (Å²) >= 11 is 18.3. The Morgan fingerprint density at radius 3 is 2.14 bits per heavy atom. The average Bonchev–Trinajstić information content (AvgIpc) is 2.78. The maximum Gasteiger partial charge on any atom is 0.416 e. The smallest absolute Gasteiger partial charge is 0.416 e. The second-order valence-electron chi connectivity index (χ2n) is 7.01. The maximum atomic E-state index is 13.2. The van der Waals surface area contributed by atoms with Gasteiger partial charge in [0.1, 0.15) is 6.61 Å². The van der Waals surface area contributed by atoms with Crippen molar-refractivity contribution >= 4 is 72.7 Å². The van der Waals surface area contributed by atoms with Crippen molar-refractivity contribution in [2.75, 3.05) is 0 Å². The Labute approximate surface area is 232 Å². The van der Waals surface area contributed by atoms with E-state index in [0.717, 1.165) is 6.21 Å². The van der Waals surface area contributed by atoms with Crippen molar-refractivity contribution in [1.82, 2.24) is 0 Å². The zero-order valence-electron chi connectivity index (χ0n) is 17.8. The largest absolute Gasteiger partial charge is 0.442 e. The first-order chi connectivity index (χ1) is 17.3. The van der Waals surface area contributed by atoms with Crippen molar-refractivity contribution in [3.63, 3.8) is 0 Å². The number of nitro benzene ring substituents is 2. The van der Waals surface area contributed by atoms with E-state index in [9.17, 15) is 33.4 Å². The Morgan fingerprint density at radius 1 is 0.973 bits per heavy atom. The van der Waals surface area contributed by atoms with Crippen LogP contribution in [0, 0.1) is 20.2 Å². The molecule has 0 aliphatic rings. The highest BCUT2D eigenvalue weighted by Crippen LogP contribution is 2.46. The van der Waals surface area contributed by atoms with Gasteiger partial charge in [-0.25, -0.2) is 0 Å². The number of rotatable bonds is 8. The lowest BCUT2D eigenvalue weighted by Crippen LogP contribution is -2.08. The first kappa shape index (κ1) is 28.6. The number of oxime groups is 1. The third-order valence-electron chi connectivity index (χ3n) is 4.51. The Kier molecular flexibility index (Phi) is 9.00. The van der Waals surface area contributed by atoms with Crippen LogP contribution in [0.15, 0.2) is 56.6 Å². The molecule has 0 saturated carbocycles. The number of nitrogens with zero attached hydrogens (tertiary/aromatic N) is 3. The van der Waals surface area contributed by atoms with Crippen LogP contribution in [0.4, 0.5) is 24.5 Å². The molecule has 0 aromatic heterocycles. The number of nitro groups is 2. The summed E-state index contributed by atoms with van der Waals surface area (Å²) in [7, 11) is 0. The Hall–Kier alpha value is -2.94. The highest BCUT2D eigenvalue weighted by atomic mass is 79.9. The van der Waals surface area contributed by atoms with Crippen LogP contribution in [-0.2, 0) is 17.6 Å². The number of hydrogen-bond acceptors (Lipinski definition) is 7. The Balaban J connectivity index is 2.02.